The van der Waals surface area contributed by atoms with Crippen LogP contribution in [0.25, 0.3) is 0 Å². The van der Waals surface area contributed by atoms with Crippen molar-refractivity contribution in [3.8, 4) is 0 Å². The molecule has 212 valence electrons. The molecule has 0 radical (unpaired) electrons. The summed E-state index contributed by atoms with van der Waals surface area (Å²) in [6, 6.07) is 0. The summed E-state index contributed by atoms with van der Waals surface area (Å²) in [7, 11) is 0. The van der Waals surface area contributed by atoms with Gasteiger partial charge in [0, 0.05) is 0 Å². The molecule has 0 spiro atoms. The number of rotatable bonds is 26. The SMILES string of the molecule is CCCCCCCCCCCCCCCC.CCCCCCCCCCCCCCCC.Cl.Cl. The first-order valence-corrected chi connectivity index (χ1v) is 15.8. The van der Waals surface area contributed by atoms with Crippen molar-refractivity contribution in [3.05, 3.63) is 0 Å². The molecule has 0 aromatic heterocycles. The Labute approximate surface area is 231 Å². The number of halogens is 2. The van der Waals surface area contributed by atoms with Crippen LogP contribution in [0.4, 0.5) is 0 Å². The van der Waals surface area contributed by atoms with Crippen molar-refractivity contribution in [2.45, 2.75) is 207 Å². The fraction of sp³-hybridized carbons (Fsp3) is 1.00. The number of hydrogen-bond donors (Lipinski definition) is 0. The Bertz CT molecular complexity index is 224. The lowest BCUT2D eigenvalue weighted by Crippen LogP contribution is -1.82. The highest BCUT2D eigenvalue weighted by Gasteiger charge is 1.94. The standard InChI is InChI=1S/2C16H34.2ClH/c2*1-3-5-7-9-11-13-15-16-14-12-10-8-6-4-2;;/h2*3-16H2,1-2H3;2*1H. The molecule has 34 heavy (non-hydrogen) atoms. The molecule has 0 bridgehead atoms. The molecule has 0 aromatic carbocycles. The maximum Gasteiger partial charge on any atom is -0.0533 e. The van der Waals surface area contributed by atoms with Crippen molar-refractivity contribution in [2.75, 3.05) is 0 Å². The van der Waals surface area contributed by atoms with Crippen LogP contribution in [0.3, 0.4) is 0 Å². The second kappa shape index (κ2) is 43.6. The summed E-state index contributed by atoms with van der Waals surface area (Å²) in [5.74, 6) is 0. The normalized spacial score (nSPS) is 10.2. The van der Waals surface area contributed by atoms with Gasteiger partial charge in [-0.3, -0.25) is 0 Å². The molecule has 0 aliphatic heterocycles. The molecule has 0 unspecified atom stereocenters. The molecule has 0 atom stereocenters. The van der Waals surface area contributed by atoms with E-state index in [0.717, 1.165) is 0 Å². The molecule has 0 fully saturated rings. The van der Waals surface area contributed by atoms with Gasteiger partial charge in [-0.25, -0.2) is 0 Å². The third-order valence-corrected chi connectivity index (χ3v) is 6.91. The van der Waals surface area contributed by atoms with Gasteiger partial charge in [0.25, 0.3) is 0 Å². The molecule has 0 heterocycles. The number of unbranched alkanes of at least 4 members (excludes halogenated alkanes) is 26. The maximum atomic E-state index is 2.29. The van der Waals surface area contributed by atoms with Gasteiger partial charge < -0.3 is 0 Å². The van der Waals surface area contributed by atoms with E-state index in [4.69, 9.17) is 0 Å². The third kappa shape index (κ3) is 46.0. The monoisotopic (exact) mass is 524 g/mol. The Kier molecular flexibility index (Phi) is 53.5. The summed E-state index contributed by atoms with van der Waals surface area (Å²) in [5, 5.41) is 0. The van der Waals surface area contributed by atoms with E-state index >= 15 is 0 Å². The molecular weight excluding hydrogens is 455 g/mol. The minimum Gasteiger partial charge on any atom is -0.147 e. The molecule has 0 rings (SSSR count). The molecule has 0 nitrogen and oxygen atoms in total. The molecule has 0 saturated carbocycles. The van der Waals surface area contributed by atoms with Gasteiger partial charge in [-0.15, -0.1) is 24.8 Å². The molecule has 2 heteroatoms. The lowest BCUT2D eigenvalue weighted by atomic mass is 10.0. The molecule has 0 saturated heterocycles. The molecular formula is C32H70Cl2. The summed E-state index contributed by atoms with van der Waals surface area (Å²) in [5.41, 5.74) is 0. The third-order valence-electron chi connectivity index (χ3n) is 6.91. The van der Waals surface area contributed by atoms with Crippen molar-refractivity contribution >= 4 is 24.8 Å². The van der Waals surface area contributed by atoms with E-state index < -0.39 is 0 Å². The van der Waals surface area contributed by atoms with Gasteiger partial charge >= 0.3 is 0 Å². The van der Waals surface area contributed by atoms with Crippen LogP contribution in [-0.2, 0) is 0 Å². The smallest absolute Gasteiger partial charge is 0.0533 e. The van der Waals surface area contributed by atoms with E-state index in [1.165, 1.54) is 180 Å². The molecule has 0 amide bonds. The van der Waals surface area contributed by atoms with Crippen LogP contribution in [-0.4, -0.2) is 0 Å². The number of hydrogen-bond acceptors (Lipinski definition) is 0. The lowest BCUT2D eigenvalue weighted by molar-refractivity contribution is 0.538. The first-order valence-electron chi connectivity index (χ1n) is 15.8. The Hall–Kier alpha value is 0.580. The molecule has 0 N–H and O–H groups in total. The van der Waals surface area contributed by atoms with Crippen molar-refractivity contribution in [1.82, 2.24) is 0 Å². The molecule has 0 aliphatic carbocycles. The van der Waals surface area contributed by atoms with Crippen LogP contribution < -0.4 is 0 Å². The first-order chi connectivity index (χ1) is 15.8. The minimum absolute atomic E-state index is 0. The fourth-order valence-electron chi connectivity index (χ4n) is 4.54. The molecule has 0 aliphatic rings. The molecule has 0 aromatic rings. The van der Waals surface area contributed by atoms with Gasteiger partial charge in [0.05, 0.1) is 0 Å². The summed E-state index contributed by atoms with van der Waals surface area (Å²) in [6.07, 6.45) is 40.8. The van der Waals surface area contributed by atoms with Crippen LogP contribution in [0.15, 0.2) is 0 Å². The Balaban J connectivity index is -0.000000250. The van der Waals surface area contributed by atoms with Gasteiger partial charge in [0.2, 0.25) is 0 Å². The van der Waals surface area contributed by atoms with Crippen molar-refractivity contribution in [2.24, 2.45) is 0 Å². The average molecular weight is 526 g/mol. The first kappa shape index (κ1) is 41.7. The zero-order valence-corrected chi connectivity index (χ0v) is 26.2. The van der Waals surface area contributed by atoms with Gasteiger partial charge in [-0.05, 0) is 0 Å². The Morgan fingerprint density at radius 1 is 0.176 bits per heavy atom. The van der Waals surface area contributed by atoms with Gasteiger partial charge in [0.15, 0.2) is 0 Å². The predicted octanol–water partition coefficient (Wildman–Crippen LogP) is 13.8. The largest absolute Gasteiger partial charge is 0.147 e. The Morgan fingerprint density at radius 3 is 0.353 bits per heavy atom. The summed E-state index contributed by atoms with van der Waals surface area (Å²) < 4.78 is 0. The average Bonchev–Trinajstić information content (AvgIpc) is 2.81. The highest BCUT2D eigenvalue weighted by Crippen LogP contribution is 2.13. The van der Waals surface area contributed by atoms with E-state index in [2.05, 4.69) is 27.7 Å². The van der Waals surface area contributed by atoms with Crippen molar-refractivity contribution < 1.29 is 0 Å². The van der Waals surface area contributed by atoms with E-state index in [1.54, 1.807) is 0 Å². The fourth-order valence-corrected chi connectivity index (χ4v) is 4.54. The van der Waals surface area contributed by atoms with Crippen LogP contribution in [0.2, 0.25) is 0 Å². The summed E-state index contributed by atoms with van der Waals surface area (Å²) >= 11 is 0. The summed E-state index contributed by atoms with van der Waals surface area (Å²) in [4.78, 5) is 0. The van der Waals surface area contributed by atoms with Crippen LogP contribution in [0, 0.1) is 0 Å². The van der Waals surface area contributed by atoms with E-state index in [-0.39, 0.29) is 24.8 Å². The zero-order chi connectivity index (χ0) is 23.8. The Morgan fingerprint density at radius 2 is 0.265 bits per heavy atom. The second-order valence-corrected chi connectivity index (χ2v) is 10.5. The quantitative estimate of drug-likeness (QED) is 0.0985. The maximum absolute atomic E-state index is 2.29. The van der Waals surface area contributed by atoms with Gasteiger partial charge in [-0.1, -0.05) is 207 Å². The minimum atomic E-state index is 0. The topological polar surface area (TPSA) is 0 Å². The van der Waals surface area contributed by atoms with Gasteiger partial charge in [0.1, 0.15) is 0 Å². The van der Waals surface area contributed by atoms with Gasteiger partial charge in [-0.2, -0.15) is 0 Å². The van der Waals surface area contributed by atoms with Crippen LogP contribution >= 0.6 is 24.8 Å². The van der Waals surface area contributed by atoms with Crippen molar-refractivity contribution in [1.29, 1.82) is 0 Å². The van der Waals surface area contributed by atoms with E-state index in [0.29, 0.717) is 0 Å². The highest BCUT2D eigenvalue weighted by atomic mass is 35.5. The highest BCUT2D eigenvalue weighted by molar-refractivity contribution is 5.85. The van der Waals surface area contributed by atoms with Crippen LogP contribution in [0.5, 0.6) is 0 Å². The van der Waals surface area contributed by atoms with E-state index in [1.807, 2.05) is 0 Å². The van der Waals surface area contributed by atoms with Crippen molar-refractivity contribution in [3.63, 3.8) is 0 Å². The summed E-state index contributed by atoms with van der Waals surface area (Å²) in [6.45, 7) is 9.16. The van der Waals surface area contributed by atoms with E-state index in [9.17, 15) is 0 Å². The second-order valence-electron chi connectivity index (χ2n) is 10.5. The lowest BCUT2D eigenvalue weighted by Gasteiger charge is -2.02. The van der Waals surface area contributed by atoms with Crippen LogP contribution in [0.1, 0.15) is 207 Å². The zero-order valence-electron chi connectivity index (χ0n) is 24.6. The predicted molar refractivity (Wildman–Crippen MR) is 166 cm³/mol.